The zero-order valence-electron chi connectivity index (χ0n) is 24.3. The Hall–Kier alpha value is -5.27. The van der Waals surface area contributed by atoms with Crippen molar-refractivity contribution in [2.24, 2.45) is 0 Å². The van der Waals surface area contributed by atoms with Crippen LogP contribution in [-0.2, 0) is 4.74 Å². The minimum absolute atomic E-state index is 0.0313. The average Bonchev–Trinajstić information content (AvgIpc) is 3.05. The number of ether oxygens (including phenoxy) is 3. The van der Waals surface area contributed by atoms with Crippen LogP contribution in [0.3, 0.4) is 0 Å². The molecule has 6 aromatic rings. The molecule has 0 bridgehead atoms. The first-order chi connectivity index (χ1) is 22.1. The van der Waals surface area contributed by atoms with E-state index in [9.17, 15) is 29.7 Å². The number of aliphatic hydroxyl groups is 3. The summed E-state index contributed by atoms with van der Waals surface area (Å²) in [5.74, 6) is 0.262. The van der Waals surface area contributed by atoms with E-state index < -0.39 is 47.6 Å². The zero-order valence-corrected chi connectivity index (χ0v) is 24.3. The van der Waals surface area contributed by atoms with Crippen molar-refractivity contribution in [2.75, 3.05) is 7.11 Å². The van der Waals surface area contributed by atoms with Gasteiger partial charge in [0.2, 0.25) is 6.29 Å². The summed E-state index contributed by atoms with van der Waals surface area (Å²) >= 11 is 0. The van der Waals surface area contributed by atoms with Crippen molar-refractivity contribution in [1.82, 2.24) is 0 Å². The maximum atomic E-state index is 13.6. The van der Waals surface area contributed by atoms with E-state index in [0.717, 1.165) is 0 Å². The molecule has 3 N–H and O–H groups in total. The minimum atomic E-state index is -1.64. The number of fused-ring (bicyclic) bond motifs is 3. The summed E-state index contributed by atoms with van der Waals surface area (Å²) < 4.78 is 34.3. The normalized spacial score (nSPS) is 21.5. The third kappa shape index (κ3) is 4.93. The maximum absolute atomic E-state index is 13.6. The van der Waals surface area contributed by atoms with E-state index in [2.05, 4.69) is 0 Å². The number of rotatable bonds is 5. The molecule has 1 aliphatic rings. The summed E-state index contributed by atoms with van der Waals surface area (Å²) in [6.45, 7) is 1.51. The van der Waals surface area contributed by atoms with Crippen LogP contribution in [0.4, 0.5) is 0 Å². The highest BCUT2D eigenvalue weighted by Crippen LogP contribution is 2.46. The first kappa shape index (κ1) is 29.4. The first-order valence-electron chi connectivity index (χ1n) is 14.3. The molecule has 12 nitrogen and oxygen atoms in total. The molecule has 5 atom stereocenters. The summed E-state index contributed by atoms with van der Waals surface area (Å²) in [6, 6.07) is 18.8. The largest absolute Gasteiger partial charge is 0.496 e. The van der Waals surface area contributed by atoms with E-state index in [1.165, 1.54) is 26.2 Å². The lowest BCUT2D eigenvalue weighted by atomic mass is 9.96. The number of aliphatic hydroxyl groups excluding tert-OH is 3. The second-order valence-electron chi connectivity index (χ2n) is 10.9. The molecule has 4 heterocycles. The Morgan fingerprint density at radius 3 is 2.07 bits per heavy atom. The van der Waals surface area contributed by atoms with Crippen molar-refractivity contribution >= 4 is 32.9 Å². The SMILES string of the molecule is COc1ccc2cc(-c3ccc4ccc(=O)oc4c3)c(=O)oc2c1-c1c(O[C@H]2O[C@H](C)[C@H](O)[C@H](O)[C@H]2O)ccc2ccc(=O)oc12. The van der Waals surface area contributed by atoms with Crippen LogP contribution in [0, 0.1) is 0 Å². The molecule has 1 saturated heterocycles. The third-order valence-electron chi connectivity index (χ3n) is 8.07. The van der Waals surface area contributed by atoms with Gasteiger partial charge in [-0.25, -0.2) is 14.4 Å². The van der Waals surface area contributed by atoms with Crippen molar-refractivity contribution < 1.29 is 42.8 Å². The minimum Gasteiger partial charge on any atom is -0.496 e. The van der Waals surface area contributed by atoms with E-state index in [0.29, 0.717) is 27.3 Å². The molecule has 3 aromatic carbocycles. The van der Waals surface area contributed by atoms with Gasteiger partial charge < -0.3 is 42.8 Å². The van der Waals surface area contributed by atoms with E-state index >= 15 is 0 Å². The molecule has 0 radical (unpaired) electrons. The molecule has 234 valence electrons. The Kier molecular flexibility index (Phi) is 7.21. The second kappa shape index (κ2) is 11.3. The van der Waals surface area contributed by atoms with Crippen LogP contribution >= 0.6 is 0 Å². The molecule has 1 fully saturated rings. The van der Waals surface area contributed by atoms with Crippen LogP contribution in [0.5, 0.6) is 11.5 Å². The highest BCUT2D eigenvalue weighted by atomic mass is 16.7. The monoisotopic (exact) mass is 626 g/mol. The van der Waals surface area contributed by atoms with Crippen molar-refractivity contribution in [3.05, 3.63) is 104 Å². The van der Waals surface area contributed by atoms with E-state index in [4.69, 9.17) is 27.5 Å². The molecule has 0 spiro atoms. The van der Waals surface area contributed by atoms with Gasteiger partial charge in [0.1, 0.15) is 46.6 Å². The number of methoxy groups -OCH3 is 1. The van der Waals surface area contributed by atoms with Crippen LogP contribution in [0.15, 0.2) is 100 Å². The molecule has 3 aromatic heterocycles. The van der Waals surface area contributed by atoms with Gasteiger partial charge in [-0.2, -0.15) is 0 Å². The Morgan fingerprint density at radius 2 is 1.28 bits per heavy atom. The van der Waals surface area contributed by atoms with Crippen LogP contribution in [0.25, 0.3) is 55.2 Å². The van der Waals surface area contributed by atoms with Crippen molar-refractivity contribution in [3.63, 3.8) is 0 Å². The highest BCUT2D eigenvalue weighted by Gasteiger charge is 2.43. The Bertz CT molecular complexity index is 2320. The van der Waals surface area contributed by atoms with Gasteiger partial charge in [0.05, 0.1) is 29.9 Å². The molecular formula is C34H26O12. The van der Waals surface area contributed by atoms with Gasteiger partial charge in [-0.15, -0.1) is 0 Å². The summed E-state index contributed by atoms with van der Waals surface area (Å²) in [5, 5.41) is 32.9. The van der Waals surface area contributed by atoms with Crippen molar-refractivity contribution in [2.45, 2.75) is 37.6 Å². The smallest absolute Gasteiger partial charge is 0.344 e. The van der Waals surface area contributed by atoms with Gasteiger partial charge in [-0.1, -0.05) is 12.1 Å². The van der Waals surface area contributed by atoms with Crippen LogP contribution in [0.1, 0.15) is 6.92 Å². The lowest BCUT2D eigenvalue weighted by Crippen LogP contribution is -2.58. The lowest BCUT2D eigenvalue weighted by Gasteiger charge is -2.39. The number of benzene rings is 3. The quantitative estimate of drug-likeness (QED) is 0.237. The standard InChI is InChI=1S/C34H26O12/c1-15-28(37)29(38)30(39)34(42-15)44-22-10-5-17-8-12-25(36)45-31(17)27(22)26-21(41-2)9-6-19-13-20(33(40)46-32(19)26)18-4-3-16-7-11-24(35)43-23(16)14-18/h3-15,28-30,34,37-39H,1-2H3/t15-,28+,29+,30-,34-/m1/s1. The molecule has 0 aliphatic carbocycles. The third-order valence-corrected chi connectivity index (χ3v) is 8.07. The Morgan fingerprint density at radius 1 is 0.652 bits per heavy atom. The molecule has 46 heavy (non-hydrogen) atoms. The number of hydrogen-bond donors (Lipinski definition) is 3. The fourth-order valence-corrected chi connectivity index (χ4v) is 5.69. The summed E-state index contributed by atoms with van der Waals surface area (Å²) in [7, 11) is 1.41. The Balaban J connectivity index is 1.46. The molecule has 7 rings (SSSR count). The zero-order chi connectivity index (χ0) is 32.3. The van der Waals surface area contributed by atoms with Crippen LogP contribution < -0.4 is 26.4 Å². The van der Waals surface area contributed by atoms with Crippen LogP contribution in [0.2, 0.25) is 0 Å². The Labute approximate surface area is 258 Å². The first-order valence-corrected chi connectivity index (χ1v) is 14.3. The fourth-order valence-electron chi connectivity index (χ4n) is 5.69. The fraction of sp³-hybridized carbons (Fsp3) is 0.206. The maximum Gasteiger partial charge on any atom is 0.344 e. The molecular weight excluding hydrogens is 600 g/mol. The second-order valence-corrected chi connectivity index (χ2v) is 10.9. The summed E-state index contributed by atoms with van der Waals surface area (Å²) in [5.41, 5.74) is -0.508. The summed E-state index contributed by atoms with van der Waals surface area (Å²) in [6.07, 6.45) is -6.89. The van der Waals surface area contributed by atoms with Gasteiger partial charge in [-0.3, -0.25) is 0 Å². The summed E-state index contributed by atoms with van der Waals surface area (Å²) in [4.78, 5) is 37.8. The van der Waals surface area contributed by atoms with Crippen LogP contribution in [-0.4, -0.2) is 53.1 Å². The van der Waals surface area contributed by atoms with Gasteiger partial charge in [0, 0.05) is 28.3 Å². The molecule has 0 unspecified atom stereocenters. The van der Waals surface area contributed by atoms with Crippen molar-refractivity contribution in [1.29, 1.82) is 0 Å². The van der Waals surface area contributed by atoms with Gasteiger partial charge >= 0.3 is 16.9 Å². The lowest BCUT2D eigenvalue weighted by molar-refractivity contribution is -0.268. The molecule has 12 heteroatoms. The predicted molar refractivity (Wildman–Crippen MR) is 165 cm³/mol. The highest BCUT2D eigenvalue weighted by molar-refractivity contribution is 6.06. The van der Waals surface area contributed by atoms with E-state index in [1.54, 1.807) is 60.7 Å². The van der Waals surface area contributed by atoms with E-state index in [-0.39, 0.29) is 39.4 Å². The van der Waals surface area contributed by atoms with Gasteiger partial charge in [0.25, 0.3) is 0 Å². The van der Waals surface area contributed by atoms with Crippen molar-refractivity contribution in [3.8, 4) is 33.8 Å². The van der Waals surface area contributed by atoms with Gasteiger partial charge in [-0.05, 0) is 61.0 Å². The molecule has 0 amide bonds. The van der Waals surface area contributed by atoms with E-state index in [1.807, 2.05) is 0 Å². The molecule has 0 saturated carbocycles. The average molecular weight is 627 g/mol. The molecule has 1 aliphatic heterocycles. The number of hydrogen-bond acceptors (Lipinski definition) is 12. The predicted octanol–water partition coefficient (Wildman–Crippen LogP) is 3.55. The van der Waals surface area contributed by atoms with Gasteiger partial charge in [0.15, 0.2) is 0 Å². The topological polar surface area (TPSA) is 179 Å².